The molecule has 1 aromatic heterocycles. The fourth-order valence-corrected chi connectivity index (χ4v) is 2.42. The summed E-state index contributed by atoms with van der Waals surface area (Å²) in [5.41, 5.74) is 3.89. The van der Waals surface area contributed by atoms with Gasteiger partial charge >= 0.3 is 5.97 Å². The number of carboxylic acid groups (broad SMARTS) is 1. The highest BCUT2D eigenvalue weighted by atomic mass is 16.4. The second kappa shape index (κ2) is 8.02. The molecule has 3 rings (SSSR count). The SMILES string of the molecule is CN(Cc1ccc(C(=O)O)cc1)c1ccc(N=Nc2ccncc2)cc1. The van der Waals surface area contributed by atoms with E-state index in [1.807, 2.05) is 43.4 Å². The van der Waals surface area contributed by atoms with Crippen LogP contribution in [0.25, 0.3) is 0 Å². The molecule has 0 fully saturated rings. The van der Waals surface area contributed by atoms with E-state index in [1.165, 1.54) is 0 Å². The third-order valence-corrected chi connectivity index (χ3v) is 3.85. The normalized spacial score (nSPS) is 10.8. The monoisotopic (exact) mass is 346 g/mol. The zero-order chi connectivity index (χ0) is 18.4. The number of aromatic carboxylic acids is 1. The molecule has 0 radical (unpaired) electrons. The van der Waals surface area contributed by atoms with Crippen LogP contribution in [0.5, 0.6) is 0 Å². The molecule has 0 aliphatic heterocycles. The lowest BCUT2D eigenvalue weighted by Gasteiger charge is -2.19. The molecule has 0 spiro atoms. The molecule has 0 aliphatic carbocycles. The van der Waals surface area contributed by atoms with Crippen molar-refractivity contribution in [2.24, 2.45) is 10.2 Å². The first-order chi connectivity index (χ1) is 12.6. The predicted molar refractivity (Wildman–Crippen MR) is 100 cm³/mol. The van der Waals surface area contributed by atoms with E-state index >= 15 is 0 Å². The summed E-state index contributed by atoms with van der Waals surface area (Å²) in [4.78, 5) is 16.9. The van der Waals surface area contributed by atoms with E-state index in [4.69, 9.17) is 5.11 Å². The Morgan fingerprint density at radius 3 is 2.08 bits per heavy atom. The van der Waals surface area contributed by atoms with Crippen LogP contribution in [-0.2, 0) is 6.54 Å². The number of nitrogens with zero attached hydrogens (tertiary/aromatic N) is 4. The smallest absolute Gasteiger partial charge is 0.335 e. The second-order valence-corrected chi connectivity index (χ2v) is 5.78. The van der Waals surface area contributed by atoms with Crippen LogP contribution in [0, 0.1) is 0 Å². The van der Waals surface area contributed by atoms with Crippen LogP contribution >= 0.6 is 0 Å². The number of hydrogen-bond acceptors (Lipinski definition) is 5. The zero-order valence-electron chi connectivity index (χ0n) is 14.3. The summed E-state index contributed by atoms with van der Waals surface area (Å²) in [7, 11) is 1.98. The van der Waals surface area contributed by atoms with Crippen LogP contribution in [0.1, 0.15) is 15.9 Å². The summed E-state index contributed by atoms with van der Waals surface area (Å²) >= 11 is 0. The number of hydrogen-bond donors (Lipinski definition) is 1. The predicted octanol–water partition coefficient (Wildman–Crippen LogP) is 4.83. The Kier molecular flexibility index (Phi) is 5.34. The summed E-state index contributed by atoms with van der Waals surface area (Å²) in [6.45, 7) is 0.678. The molecule has 0 atom stereocenters. The minimum atomic E-state index is -0.915. The van der Waals surface area contributed by atoms with E-state index in [2.05, 4.69) is 20.1 Å². The van der Waals surface area contributed by atoms with Gasteiger partial charge in [0.05, 0.1) is 16.9 Å². The van der Waals surface area contributed by atoms with Crippen LogP contribution < -0.4 is 4.90 Å². The van der Waals surface area contributed by atoms with E-state index in [0.29, 0.717) is 12.1 Å². The fourth-order valence-electron chi connectivity index (χ4n) is 2.42. The van der Waals surface area contributed by atoms with Crippen molar-refractivity contribution in [1.29, 1.82) is 0 Å². The van der Waals surface area contributed by atoms with Crippen LogP contribution in [0.3, 0.4) is 0 Å². The second-order valence-electron chi connectivity index (χ2n) is 5.78. The van der Waals surface area contributed by atoms with Gasteiger partial charge in [0.1, 0.15) is 0 Å². The highest BCUT2D eigenvalue weighted by Crippen LogP contribution is 2.22. The van der Waals surface area contributed by atoms with Gasteiger partial charge in [-0.05, 0) is 54.1 Å². The minimum Gasteiger partial charge on any atom is -0.478 e. The van der Waals surface area contributed by atoms with Gasteiger partial charge in [0, 0.05) is 31.7 Å². The van der Waals surface area contributed by atoms with E-state index < -0.39 is 5.97 Å². The van der Waals surface area contributed by atoms with Crippen LogP contribution in [0.15, 0.2) is 83.3 Å². The zero-order valence-corrected chi connectivity index (χ0v) is 14.3. The van der Waals surface area contributed by atoms with Gasteiger partial charge in [0.25, 0.3) is 0 Å². The number of azo groups is 1. The number of rotatable bonds is 6. The summed E-state index contributed by atoms with van der Waals surface area (Å²) < 4.78 is 0. The largest absolute Gasteiger partial charge is 0.478 e. The van der Waals surface area contributed by atoms with Crippen molar-refractivity contribution >= 4 is 23.0 Å². The van der Waals surface area contributed by atoms with E-state index in [9.17, 15) is 4.79 Å². The molecule has 3 aromatic rings. The average molecular weight is 346 g/mol. The average Bonchev–Trinajstić information content (AvgIpc) is 2.68. The van der Waals surface area contributed by atoms with Crippen LogP contribution in [0.4, 0.5) is 17.1 Å². The molecule has 0 saturated carbocycles. The maximum atomic E-state index is 10.9. The Bertz CT molecular complexity index is 891. The number of anilines is 1. The molecular weight excluding hydrogens is 328 g/mol. The molecular formula is C20H18N4O2. The van der Waals surface area contributed by atoms with E-state index in [-0.39, 0.29) is 0 Å². The summed E-state index contributed by atoms with van der Waals surface area (Å²) in [5, 5.41) is 17.3. The first-order valence-electron chi connectivity index (χ1n) is 8.07. The van der Waals surface area contributed by atoms with Crippen LogP contribution in [-0.4, -0.2) is 23.1 Å². The number of carbonyl (C=O) groups is 1. The molecule has 0 amide bonds. The molecule has 0 saturated heterocycles. The Hall–Kier alpha value is -3.54. The van der Waals surface area contributed by atoms with Gasteiger partial charge in [-0.25, -0.2) is 4.79 Å². The number of pyridine rings is 1. The summed E-state index contributed by atoms with van der Waals surface area (Å²) in [6.07, 6.45) is 3.35. The third kappa shape index (κ3) is 4.51. The van der Waals surface area contributed by atoms with Crippen molar-refractivity contribution < 1.29 is 9.90 Å². The summed E-state index contributed by atoms with van der Waals surface area (Å²) in [5.74, 6) is -0.915. The molecule has 0 unspecified atom stereocenters. The molecule has 1 heterocycles. The molecule has 0 aliphatic rings. The molecule has 6 heteroatoms. The number of aromatic nitrogens is 1. The van der Waals surface area contributed by atoms with E-state index in [0.717, 1.165) is 22.6 Å². The molecule has 130 valence electrons. The topological polar surface area (TPSA) is 78.2 Å². The highest BCUT2D eigenvalue weighted by Gasteiger charge is 2.05. The fraction of sp³-hybridized carbons (Fsp3) is 0.100. The number of benzene rings is 2. The Labute approximate surface area is 151 Å². The molecule has 2 aromatic carbocycles. The van der Waals surface area contributed by atoms with Crippen molar-refractivity contribution in [2.45, 2.75) is 6.54 Å². The van der Waals surface area contributed by atoms with Gasteiger partial charge in [0.15, 0.2) is 0 Å². The lowest BCUT2D eigenvalue weighted by atomic mass is 10.1. The minimum absolute atomic E-state index is 0.292. The van der Waals surface area contributed by atoms with Gasteiger partial charge in [-0.3, -0.25) is 4.98 Å². The molecule has 0 bridgehead atoms. The van der Waals surface area contributed by atoms with Gasteiger partial charge in [-0.2, -0.15) is 10.2 Å². The van der Waals surface area contributed by atoms with Gasteiger partial charge in [0.2, 0.25) is 0 Å². The first-order valence-corrected chi connectivity index (χ1v) is 8.07. The number of carboxylic acids is 1. The molecule has 26 heavy (non-hydrogen) atoms. The maximum absolute atomic E-state index is 10.9. The maximum Gasteiger partial charge on any atom is 0.335 e. The highest BCUT2D eigenvalue weighted by molar-refractivity contribution is 5.87. The first kappa shape index (κ1) is 17.3. The Morgan fingerprint density at radius 2 is 1.50 bits per heavy atom. The van der Waals surface area contributed by atoms with E-state index in [1.54, 1.807) is 36.7 Å². The quantitative estimate of drug-likeness (QED) is 0.648. The standard InChI is InChI=1S/C20H18N4O2/c1-24(14-15-2-4-16(5-3-15)20(25)26)19-8-6-17(7-9-19)22-23-18-10-12-21-13-11-18/h2-13H,14H2,1H3,(H,25,26). The Morgan fingerprint density at radius 1 is 0.923 bits per heavy atom. The van der Waals surface area contributed by atoms with Crippen molar-refractivity contribution in [3.05, 3.63) is 84.2 Å². The molecule has 6 nitrogen and oxygen atoms in total. The summed E-state index contributed by atoms with van der Waals surface area (Å²) in [6, 6.07) is 18.3. The van der Waals surface area contributed by atoms with Crippen molar-refractivity contribution in [3.8, 4) is 0 Å². The van der Waals surface area contributed by atoms with Gasteiger partial charge in [-0.1, -0.05) is 12.1 Å². The van der Waals surface area contributed by atoms with Crippen molar-refractivity contribution in [1.82, 2.24) is 4.98 Å². The van der Waals surface area contributed by atoms with Crippen molar-refractivity contribution in [2.75, 3.05) is 11.9 Å². The lowest BCUT2D eigenvalue weighted by molar-refractivity contribution is 0.0697. The van der Waals surface area contributed by atoms with Crippen LogP contribution in [0.2, 0.25) is 0 Å². The third-order valence-electron chi connectivity index (χ3n) is 3.85. The molecule has 1 N–H and O–H groups in total. The van der Waals surface area contributed by atoms with Crippen molar-refractivity contribution in [3.63, 3.8) is 0 Å². The Balaban J connectivity index is 1.64. The van der Waals surface area contributed by atoms with Gasteiger partial charge < -0.3 is 10.0 Å². The lowest BCUT2D eigenvalue weighted by Crippen LogP contribution is -2.16. The van der Waals surface area contributed by atoms with Gasteiger partial charge in [-0.15, -0.1) is 0 Å².